The standard InChI is InChI=1S/C20H27N3OS/c1-2-5-14(6-3-1)24-15-9-11-23(12-10-15)19-18-16-7-4-8-17(16)25-20(18)22-13-21-19/h13-15H,1-12H2. The highest BCUT2D eigenvalue weighted by molar-refractivity contribution is 7.19. The Morgan fingerprint density at radius 2 is 1.72 bits per heavy atom. The molecule has 2 aromatic rings. The van der Waals surface area contributed by atoms with Gasteiger partial charge in [-0.25, -0.2) is 9.97 Å². The maximum atomic E-state index is 6.41. The second-order valence-electron chi connectivity index (χ2n) is 7.82. The van der Waals surface area contributed by atoms with Crippen molar-refractivity contribution in [2.24, 2.45) is 0 Å². The topological polar surface area (TPSA) is 38.2 Å². The number of piperidine rings is 1. The second-order valence-corrected chi connectivity index (χ2v) is 8.90. The maximum Gasteiger partial charge on any atom is 0.141 e. The predicted octanol–water partition coefficient (Wildman–Crippen LogP) is 4.50. The zero-order valence-corrected chi connectivity index (χ0v) is 15.7. The van der Waals surface area contributed by atoms with Crippen LogP contribution < -0.4 is 4.90 Å². The SMILES string of the molecule is c1nc(N2CCC(OC3CCCCC3)CC2)c2c3c(sc2n1)CCC3. The van der Waals surface area contributed by atoms with Crippen molar-refractivity contribution in [1.29, 1.82) is 0 Å². The first-order valence-corrected chi connectivity index (χ1v) is 10.9. The van der Waals surface area contributed by atoms with Gasteiger partial charge in [0.1, 0.15) is 17.0 Å². The number of aryl methyl sites for hydroxylation is 2. The van der Waals surface area contributed by atoms with Crippen molar-refractivity contribution in [3.63, 3.8) is 0 Å². The molecule has 3 aliphatic rings. The van der Waals surface area contributed by atoms with E-state index in [-0.39, 0.29) is 0 Å². The van der Waals surface area contributed by atoms with E-state index in [0.29, 0.717) is 12.2 Å². The number of anilines is 1. The summed E-state index contributed by atoms with van der Waals surface area (Å²) in [5.41, 5.74) is 1.54. The van der Waals surface area contributed by atoms with Crippen LogP contribution in [0.1, 0.15) is 61.8 Å². The molecule has 2 aromatic heterocycles. The van der Waals surface area contributed by atoms with Gasteiger partial charge in [0.05, 0.1) is 17.6 Å². The Hall–Kier alpha value is -1.20. The first-order chi connectivity index (χ1) is 12.4. The first-order valence-electron chi connectivity index (χ1n) is 10.0. The Kier molecular flexibility index (Phi) is 4.38. The van der Waals surface area contributed by atoms with Crippen molar-refractivity contribution in [3.8, 4) is 0 Å². The number of rotatable bonds is 3. The molecule has 0 spiro atoms. The fourth-order valence-corrected chi connectivity index (χ4v) is 6.05. The quantitative estimate of drug-likeness (QED) is 0.811. The lowest BCUT2D eigenvalue weighted by molar-refractivity contribution is -0.0395. The van der Waals surface area contributed by atoms with Crippen LogP contribution in [0.2, 0.25) is 0 Å². The third kappa shape index (κ3) is 3.06. The lowest BCUT2D eigenvalue weighted by atomic mass is 9.97. The zero-order chi connectivity index (χ0) is 16.6. The molecule has 134 valence electrons. The van der Waals surface area contributed by atoms with Crippen molar-refractivity contribution < 1.29 is 4.74 Å². The van der Waals surface area contributed by atoms with Gasteiger partial charge < -0.3 is 9.64 Å². The van der Waals surface area contributed by atoms with Gasteiger partial charge >= 0.3 is 0 Å². The van der Waals surface area contributed by atoms with Crippen molar-refractivity contribution >= 4 is 27.4 Å². The van der Waals surface area contributed by atoms with Crippen LogP contribution in [-0.4, -0.2) is 35.3 Å². The van der Waals surface area contributed by atoms with Crippen LogP contribution in [0.15, 0.2) is 6.33 Å². The average molecular weight is 358 g/mol. The molecule has 5 rings (SSSR count). The summed E-state index contributed by atoms with van der Waals surface area (Å²) in [7, 11) is 0. The van der Waals surface area contributed by atoms with Crippen LogP contribution in [0.4, 0.5) is 5.82 Å². The van der Waals surface area contributed by atoms with Crippen LogP contribution in [0.5, 0.6) is 0 Å². The minimum Gasteiger partial charge on any atom is -0.375 e. The van der Waals surface area contributed by atoms with Crippen LogP contribution in [0.3, 0.4) is 0 Å². The fourth-order valence-electron chi connectivity index (χ4n) is 4.83. The summed E-state index contributed by atoms with van der Waals surface area (Å²) in [6.45, 7) is 2.13. The van der Waals surface area contributed by atoms with Gasteiger partial charge in [0.2, 0.25) is 0 Å². The van der Waals surface area contributed by atoms with Crippen LogP contribution >= 0.6 is 11.3 Å². The number of thiophene rings is 1. The highest BCUT2D eigenvalue weighted by atomic mass is 32.1. The van der Waals surface area contributed by atoms with E-state index in [1.165, 1.54) is 73.0 Å². The third-order valence-corrected chi connectivity index (χ3v) is 7.36. The molecular weight excluding hydrogens is 330 g/mol. The molecule has 1 aliphatic heterocycles. The zero-order valence-electron chi connectivity index (χ0n) is 14.9. The number of nitrogens with zero attached hydrogens (tertiary/aromatic N) is 3. The average Bonchev–Trinajstić information content (AvgIpc) is 3.24. The van der Waals surface area contributed by atoms with Gasteiger partial charge in [-0.2, -0.15) is 0 Å². The van der Waals surface area contributed by atoms with Crippen LogP contribution in [0, 0.1) is 0 Å². The van der Waals surface area contributed by atoms with Gasteiger partial charge in [0.15, 0.2) is 0 Å². The number of ether oxygens (including phenoxy) is 1. The Balaban J connectivity index is 1.30. The second kappa shape index (κ2) is 6.84. The third-order valence-electron chi connectivity index (χ3n) is 6.16. The number of aromatic nitrogens is 2. The fraction of sp³-hybridized carbons (Fsp3) is 0.700. The molecule has 2 fully saturated rings. The summed E-state index contributed by atoms with van der Waals surface area (Å²) < 4.78 is 6.41. The summed E-state index contributed by atoms with van der Waals surface area (Å²) >= 11 is 1.89. The molecule has 0 aromatic carbocycles. The number of hydrogen-bond donors (Lipinski definition) is 0. The first kappa shape index (κ1) is 16.0. The van der Waals surface area contributed by atoms with E-state index in [9.17, 15) is 0 Å². The van der Waals surface area contributed by atoms with E-state index in [4.69, 9.17) is 9.72 Å². The monoisotopic (exact) mass is 357 g/mol. The van der Waals surface area contributed by atoms with Gasteiger partial charge in [-0.05, 0) is 50.5 Å². The smallest absolute Gasteiger partial charge is 0.141 e. The minimum atomic E-state index is 0.449. The Bertz CT molecular complexity index is 745. The number of fused-ring (bicyclic) bond motifs is 3. The van der Waals surface area contributed by atoms with Gasteiger partial charge in [-0.3, -0.25) is 0 Å². The van der Waals surface area contributed by atoms with E-state index >= 15 is 0 Å². The molecule has 2 aliphatic carbocycles. The maximum absolute atomic E-state index is 6.41. The summed E-state index contributed by atoms with van der Waals surface area (Å²) in [5.74, 6) is 1.18. The van der Waals surface area contributed by atoms with E-state index in [2.05, 4.69) is 9.88 Å². The molecule has 0 unspecified atom stereocenters. The summed E-state index contributed by atoms with van der Waals surface area (Å²) in [6.07, 6.45) is 15.4. The predicted molar refractivity (Wildman–Crippen MR) is 103 cm³/mol. The van der Waals surface area contributed by atoms with Crippen LogP contribution in [-0.2, 0) is 17.6 Å². The van der Waals surface area contributed by atoms with Gasteiger partial charge in [0.25, 0.3) is 0 Å². The van der Waals surface area contributed by atoms with Crippen molar-refractivity contribution in [1.82, 2.24) is 9.97 Å². The highest BCUT2D eigenvalue weighted by Crippen LogP contribution is 2.40. The highest BCUT2D eigenvalue weighted by Gasteiger charge is 2.28. The summed E-state index contributed by atoms with van der Waals surface area (Å²) in [4.78, 5) is 14.5. The van der Waals surface area contributed by atoms with Crippen LogP contribution in [0.25, 0.3) is 10.2 Å². The largest absolute Gasteiger partial charge is 0.375 e. The van der Waals surface area contributed by atoms with E-state index in [1.54, 1.807) is 11.2 Å². The molecule has 25 heavy (non-hydrogen) atoms. The molecule has 0 amide bonds. The van der Waals surface area contributed by atoms with Gasteiger partial charge in [0, 0.05) is 18.0 Å². The molecule has 4 nitrogen and oxygen atoms in total. The normalized spacial score (nSPS) is 22.6. The molecule has 0 bridgehead atoms. The van der Waals surface area contributed by atoms with Crippen molar-refractivity contribution in [3.05, 3.63) is 16.8 Å². The summed E-state index contributed by atoms with van der Waals surface area (Å²) in [6, 6.07) is 0. The number of hydrogen-bond acceptors (Lipinski definition) is 5. The Morgan fingerprint density at radius 1 is 0.920 bits per heavy atom. The molecule has 0 N–H and O–H groups in total. The minimum absolute atomic E-state index is 0.449. The van der Waals surface area contributed by atoms with Crippen molar-refractivity contribution in [2.75, 3.05) is 18.0 Å². The molecule has 0 radical (unpaired) electrons. The van der Waals surface area contributed by atoms with E-state index < -0.39 is 0 Å². The van der Waals surface area contributed by atoms with E-state index in [1.807, 2.05) is 11.3 Å². The lowest BCUT2D eigenvalue weighted by Crippen LogP contribution is -2.39. The molecule has 3 heterocycles. The molecule has 0 atom stereocenters. The lowest BCUT2D eigenvalue weighted by Gasteiger charge is -2.35. The molecule has 5 heteroatoms. The Morgan fingerprint density at radius 3 is 2.56 bits per heavy atom. The van der Waals surface area contributed by atoms with Gasteiger partial charge in [-0.1, -0.05) is 19.3 Å². The summed E-state index contributed by atoms with van der Waals surface area (Å²) in [5, 5.41) is 1.35. The van der Waals surface area contributed by atoms with Crippen molar-refractivity contribution in [2.45, 2.75) is 76.4 Å². The molecular formula is C20H27N3OS. The molecule has 1 saturated carbocycles. The molecule has 1 saturated heterocycles. The van der Waals surface area contributed by atoms with Gasteiger partial charge in [-0.15, -0.1) is 11.3 Å². The Labute approximate surface area is 153 Å². The van der Waals surface area contributed by atoms with E-state index in [0.717, 1.165) is 25.9 Å².